The minimum Gasteiger partial charge on any atom is -0.394 e. The molecular weight excluding hydrogens is 250 g/mol. The summed E-state index contributed by atoms with van der Waals surface area (Å²) in [6.07, 6.45) is 4.70. The van der Waals surface area contributed by atoms with Gasteiger partial charge in [-0.05, 0) is 66.7 Å². The molecule has 0 aromatic carbocycles. The lowest BCUT2D eigenvalue weighted by atomic mass is 9.92. The van der Waals surface area contributed by atoms with E-state index in [1.54, 1.807) is 0 Å². The van der Waals surface area contributed by atoms with Gasteiger partial charge in [0.25, 0.3) is 0 Å². The summed E-state index contributed by atoms with van der Waals surface area (Å²) in [4.78, 5) is 4.94. The van der Waals surface area contributed by atoms with Crippen molar-refractivity contribution in [2.75, 3.05) is 40.3 Å². The summed E-state index contributed by atoms with van der Waals surface area (Å²) in [5, 5.41) is 13.2. The second kappa shape index (κ2) is 8.32. The molecule has 2 N–H and O–H groups in total. The van der Waals surface area contributed by atoms with Gasteiger partial charge in [-0.3, -0.25) is 4.90 Å². The molecule has 4 nitrogen and oxygen atoms in total. The Hall–Kier alpha value is -0.160. The van der Waals surface area contributed by atoms with Crippen LogP contribution in [0.2, 0.25) is 0 Å². The first kappa shape index (κ1) is 17.9. The van der Waals surface area contributed by atoms with Crippen molar-refractivity contribution in [1.82, 2.24) is 15.1 Å². The van der Waals surface area contributed by atoms with E-state index in [2.05, 4.69) is 50.0 Å². The third kappa shape index (κ3) is 5.32. The van der Waals surface area contributed by atoms with Crippen molar-refractivity contribution in [2.45, 2.75) is 64.1 Å². The lowest BCUT2D eigenvalue weighted by molar-refractivity contribution is 0.0712. The second-order valence-corrected chi connectivity index (χ2v) is 6.95. The number of nitrogens with zero attached hydrogens (tertiary/aromatic N) is 2. The maximum atomic E-state index is 9.71. The Kier molecular flexibility index (Phi) is 7.45. The van der Waals surface area contributed by atoms with Crippen molar-refractivity contribution < 1.29 is 5.11 Å². The number of rotatable bonds is 8. The van der Waals surface area contributed by atoms with Crippen LogP contribution in [0.3, 0.4) is 0 Å². The molecule has 1 aliphatic heterocycles. The van der Waals surface area contributed by atoms with E-state index in [4.69, 9.17) is 0 Å². The predicted molar refractivity (Wildman–Crippen MR) is 86.1 cm³/mol. The number of likely N-dealkylation sites (N-methyl/N-ethyl adjacent to an activating group) is 1. The van der Waals surface area contributed by atoms with E-state index in [0.29, 0.717) is 12.1 Å². The lowest BCUT2D eigenvalue weighted by Crippen LogP contribution is -2.54. The van der Waals surface area contributed by atoms with Crippen molar-refractivity contribution >= 4 is 0 Å². The Bertz CT molecular complexity index is 272. The molecule has 1 aliphatic rings. The van der Waals surface area contributed by atoms with Gasteiger partial charge in [-0.2, -0.15) is 0 Å². The molecule has 1 saturated heterocycles. The lowest BCUT2D eigenvalue weighted by Gasteiger charge is -2.42. The molecule has 1 heterocycles. The highest BCUT2D eigenvalue weighted by Gasteiger charge is 2.30. The van der Waals surface area contributed by atoms with Crippen LogP contribution in [0.4, 0.5) is 0 Å². The third-order valence-electron chi connectivity index (χ3n) is 4.68. The number of aliphatic hydroxyl groups is 1. The van der Waals surface area contributed by atoms with Crippen LogP contribution in [-0.4, -0.2) is 72.9 Å². The normalized spacial score (nSPS) is 25.6. The fraction of sp³-hybridized carbons (Fsp3) is 1.00. The average Bonchev–Trinajstić information content (AvgIpc) is 2.45. The molecular formula is C16H35N3O. The van der Waals surface area contributed by atoms with E-state index in [9.17, 15) is 5.11 Å². The van der Waals surface area contributed by atoms with Gasteiger partial charge < -0.3 is 15.3 Å². The van der Waals surface area contributed by atoms with Gasteiger partial charge in [-0.1, -0.05) is 6.92 Å². The van der Waals surface area contributed by atoms with E-state index >= 15 is 0 Å². The summed E-state index contributed by atoms with van der Waals surface area (Å²) < 4.78 is 0. The zero-order chi connectivity index (χ0) is 15.2. The molecule has 0 bridgehead atoms. The van der Waals surface area contributed by atoms with E-state index in [-0.39, 0.29) is 12.1 Å². The van der Waals surface area contributed by atoms with Gasteiger partial charge in [-0.25, -0.2) is 0 Å². The Morgan fingerprint density at radius 1 is 1.45 bits per heavy atom. The first-order chi connectivity index (χ1) is 9.41. The Morgan fingerprint density at radius 2 is 2.15 bits per heavy atom. The van der Waals surface area contributed by atoms with Crippen LogP contribution in [0.25, 0.3) is 0 Å². The van der Waals surface area contributed by atoms with Crippen molar-refractivity contribution in [2.24, 2.45) is 0 Å². The van der Waals surface area contributed by atoms with Gasteiger partial charge in [0.05, 0.1) is 6.61 Å². The molecule has 0 aliphatic carbocycles. The van der Waals surface area contributed by atoms with Gasteiger partial charge in [0, 0.05) is 24.2 Å². The minimum atomic E-state index is -0.152. The summed E-state index contributed by atoms with van der Waals surface area (Å²) in [5.74, 6) is 0. The number of likely N-dealkylation sites (tertiary alicyclic amines) is 1. The van der Waals surface area contributed by atoms with E-state index in [1.165, 1.54) is 19.4 Å². The molecule has 120 valence electrons. The summed E-state index contributed by atoms with van der Waals surface area (Å²) in [6.45, 7) is 10.2. The van der Waals surface area contributed by atoms with Crippen molar-refractivity contribution in [1.29, 1.82) is 0 Å². The first-order valence-corrected chi connectivity index (χ1v) is 8.18. The topological polar surface area (TPSA) is 38.7 Å². The largest absolute Gasteiger partial charge is 0.394 e. The van der Waals surface area contributed by atoms with E-state index in [0.717, 1.165) is 25.9 Å². The molecule has 4 heteroatoms. The van der Waals surface area contributed by atoms with Gasteiger partial charge in [0.15, 0.2) is 0 Å². The van der Waals surface area contributed by atoms with Crippen molar-refractivity contribution in [3.8, 4) is 0 Å². The SMILES string of the molecule is CCCNC(C)(CO)CC(C)N1CCCC(N(C)C)C1. The molecule has 3 unspecified atom stereocenters. The number of hydrogen-bond donors (Lipinski definition) is 2. The molecule has 20 heavy (non-hydrogen) atoms. The highest BCUT2D eigenvalue weighted by atomic mass is 16.3. The number of piperidine rings is 1. The van der Waals surface area contributed by atoms with Crippen LogP contribution in [0.15, 0.2) is 0 Å². The molecule has 1 rings (SSSR count). The van der Waals surface area contributed by atoms with Gasteiger partial charge in [0.2, 0.25) is 0 Å². The summed E-state index contributed by atoms with van der Waals surface area (Å²) in [6, 6.07) is 1.19. The van der Waals surface area contributed by atoms with Crippen LogP contribution in [-0.2, 0) is 0 Å². The van der Waals surface area contributed by atoms with Crippen LogP contribution in [0, 0.1) is 0 Å². The molecule has 0 saturated carbocycles. The molecule has 0 aromatic heterocycles. The molecule has 1 fully saturated rings. The Labute approximate surface area is 125 Å². The van der Waals surface area contributed by atoms with Gasteiger partial charge in [0.1, 0.15) is 0 Å². The fourth-order valence-corrected chi connectivity index (χ4v) is 3.21. The van der Waals surface area contributed by atoms with Crippen molar-refractivity contribution in [3.05, 3.63) is 0 Å². The highest BCUT2D eigenvalue weighted by molar-refractivity contribution is 4.89. The first-order valence-electron chi connectivity index (χ1n) is 8.18. The molecule has 0 radical (unpaired) electrons. The van der Waals surface area contributed by atoms with Gasteiger partial charge in [-0.15, -0.1) is 0 Å². The quantitative estimate of drug-likeness (QED) is 0.710. The number of nitrogens with one attached hydrogen (secondary N) is 1. The van der Waals surface area contributed by atoms with Crippen LogP contribution in [0.1, 0.15) is 46.5 Å². The second-order valence-electron chi connectivity index (χ2n) is 6.95. The monoisotopic (exact) mass is 285 g/mol. The standard InChI is InChI=1S/C16H35N3O/c1-6-9-17-16(3,13-20)11-14(2)19-10-7-8-15(12-19)18(4)5/h14-15,17,20H,6-13H2,1-5H3. The maximum Gasteiger partial charge on any atom is 0.0611 e. The van der Waals surface area contributed by atoms with Crippen LogP contribution in [0.5, 0.6) is 0 Å². The maximum absolute atomic E-state index is 9.71. The zero-order valence-electron chi connectivity index (χ0n) is 14.2. The Balaban J connectivity index is 2.53. The van der Waals surface area contributed by atoms with E-state index in [1.807, 2.05) is 0 Å². The molecule has 0 amide bonds. The predicted octanol–water partition coefficient (Wildman–Crippen LogP) is 1.54. The van der Waals surface area contributed by atoms with E-state index < -0.39 is 0 Å². The average molecular weight is 285 g/mol. The summed E-state index contributed by atoms with van der Waals surface area (Å²) >= 11 is 0. The Morgan fingerprint density at radius 3 is 2.70 bits per heavy atom. The zero-order valence-corrected chi connectivity index (χ0v) is 14.2. The van der Waals surface area contributed by atoms with Crippen molar-refractivity contribution in [3.63, 3.8) is 0 Å². The number of hydrogen-bond acceptors (Lipinski definition) is 4. The minimum absolute atomic E-state index is 0.152. The molecule has 3 atom stereocenters. The third-order valence-corrected chi connectivity index (χ3v) is 4.68. The summed E-state index contributed by atoms with van der Waals surface area (Å²) in [7, 11) is 4.36. The fourth-order valence-electron chi connectivity index (χ4n) is 3.21. The van der Waals surface area contributed by atoms with Crippen LogP contribution >= 0.6 is 0 Å². The highest BCUT2D eigenvalue weighted by Crippen LogP contribution is 2.21. The smallest absolute Gasteiger partial charge is 0.0611 e. The van der Waals surface area contributed by atoms with Crippen LogP contribution < -0.4 is 5.32 Å². The number of aliphatic hydroxyl groups excluding tert-OH is 1. The molecule has 0 aromatic rings. The van der Waals surface area contributed by atoms with Gasteiger partial charge >= 0.3 is 0 Å². The summed E-state index contributed by atoms with van der Waals surface area (Å²) in [5.41, 5.74) is -0.152. The molecule has 0 spiro atoms.